The average Bonchev–Trinajstić information content (AvgIpc) is 3.12. The number of nitrogens with zero attached hydrogens (tertiary/aromatic N) is 4. The van der Waals surface area contributed by atoms with Crippen molar-refractivity contribution in [2.75, 3.05) is 13.1 Å². The van der Waals surface area contributed by atoms with Crippen LogP contribution in [0.15, 0.2) is 18.3 Å². The van der Waals surface area contributed by atoms with Crippen molar-refractivity contribution < 1.29 is 9.90 Å². The van der Waals surface area contributed by atoms with E-state index in [1.165, 1.54) is 0 Å². The van der Waals surface area contributed by atoms with Crippen molar-refractivity contribution in [1.29, 1.82) is 5.26 Å². The number of carbonyl (C=O) groups is 1. The average molecular weight is 359 g/mol. The Morgan fingerprint density at radius 2 is 2.20 bits per heavy atom. The normalized spacial score (nSPS) is 26.2. The van der Waals surface area contributed by atoms with E-state index in [2.05, 4.69) is 5.10 Å². The minimum Gasteiger partial charge on any atom is -0.386 e. The van der Waals surface area contributed by atoms with Gasteiger partial charge in [-0.3, -0.25) is 9.48 Å². The summed E-state index contributed by atoms with van der Waals surface area (Å²) in [5.41, 5.74) is 1.21. The number of aliphatic hydroxyl groups is 1. The zero-order valence-corrected chi connectivity index (χ0v) is 14.7. The van der Waals surface area contributed by atoms with E-state index in [1.54, 1.807) is 11.1 Å². The van der Waals surface area contributed by atoms with Crippen molar-refractivity contribution in [3.63, 3.8) is 0 Å². The van der Waals surface area contributed by atoms with Gasteiger partial charge in [0.1, 0.15) is 12.5 Å². The number of hydrogen-bond donors (Lipinski definition) is 1. The molecule has 1 aromatic heterocycles. The molecular formula is C18H19ClN4O2. The van der Waals surface area contributed by atoms with E-state index in [4.69, 9.17) is 16.9 Å². The molecule has 0 bridgehead atoms. The Bertz CT molecular complexity index is 894. The second-order valence-electron chi connectivity index (χ2n) is 7.11. The maximum Gasteiger partial charge on any atom is 0.236 e. The van der Waals surface area contributed by atoms with Gasteiger partial charge in [-0.25, -0.2) is 0 Å². The molecule has 2 aromatic rings. The van der Waals surface area contributed by atoms with Gasteiger partial charge in [-0.1, -0.05) is 11.6 Å². The van der Waals surface area contributed by atoms with Gasteiger partial charge in [0, 0.05) is 29.1 Å². The third kappa shape index (κ3) is 2.26. The number of rotatable bonds is 2. The van der Waals surface area contributed by atoms with Crippen LogP contribution >= 0.6 is 11.6 Å². The Labute approximate surface area is 150 Å². The molecule has 3 heterocycles. The van der Waals surface area contributed by atoms with Gasteiger partial charge in [0.25, 0.3) is 0 Å². The molecule has 2 aliphatic heterocycles. The molecular weight excluding hydrogens is 340 g/mol. The lowest BCUT2D eigenvalue weighted by atomic mass is 9.75. The first kappa shape index (κ1) is 16.4. The van der Waals surface area contributed by atoms with Crippen LogP contribution in [0.3, 0.4) is 0 Å². The zero-order valence-electron chi connectivity index (χ0n) is 13.9. The van der Waals surface area contributed by atoms with Crippen molar-refractivity contribution in [1.82, 2.24) is 14.7 Å². The third-order valence-corrected chi connectivity index (χ3v) is 6.08. The molecule has 1 amide bonds. The molecule has 0 saturated carbocycles. The number of nitriles is 1. The van der Waals surface area contributed by atoms with Crippen LogP contribution in [0.5, 0.6) is 0 Å². The van der Waals surface area contributed by atoms with Crippen molar-refractivity contribution in [2.24, 2.45) is 5.92 Å². The summed E-state index contributed by atoms with van der Waals surface area (Å²) in [6.45, 7) is 3.25. The molecule has 6 nitrogen and oxygen atoms in total. The first-order valence-corrected chi connectivity index (χ1v) is 8.85. The number of hydrogen-bond acceptors (Lipinski definition) is 4. The van der Waals surface area contributed by atoms with E-state index in [9.17, 15) is 9.90 Å². The van der Waals surface area contributed by atoms with E-state index >= 15 is 0 Å². The minimum atomic E-state index is -0.677. The quantitative estimate of drug-likeness (QED) is 0.894. The largest absolute Gasteiger partial charge is 0.386 e. The number of likely N-dealkylation sites (tertiary alicyclic amines) is 1. The third-order valence-electron chi connectivity index (χ3n) is 5.87. The van der Waals surface area contributed by atoms with Gasteiger partial charge in [0.2, 0.25) is 5.91 Å². The second-order valence-corrected chi connectivity index (χ2v) is 7.54. The molecule has 1 fully saturated rings. The standard InChI is InChI=1S/C18H19ClN4O2/c1-18(12-3-6-22(7-4-12)15(24)2-5-20)17(25)14-9-13(19)8-11-10-21-23(18)16(11)14/h8-10,12,17,25H,2-4,6-7H2,1H3/t17-,18?/m1/s1. The molecule has 1 aromatic carbocycles. The zero-order chi connectivity index (χ0) is 17.8. The van der Waals surface area contributed by atoms with Crippen molar-refractivity contribution in [3.8, 4) is 6.07 Å². The topological polar surface area (TPSA) is 82.2 Å². The van der Waals surface area contributed by atoms with E-state index < -0.39 is 11.6 Å². The van der Waals surface area contributed by atoms with Gasteiger partial charge in [0.05, 0.1) is 23.3 Å². The highest BCUT2D eigenvalue weighted by atomic mass is 35.5. The van der Waals surface area contributed by atoms with Gasteiger partial charge in [-0.2, -0.15) is 10.4 Å². The summed E-state index contributed by atoms with van der Waals surface area (Å²) in [5.74, 6) is 0.0672. The summed E-state index contributed by atoms with van der Waals surface area (Å²) in [7, 11) is 0. The minimum absolute atomic E-state index is 0.0751. The van der Waals surface area contributed by atoms with Gasteiger partial charge in [-0.05, 0) is 37.8 Å². The molecule has 0 spiro atoms. The second kappa shape index (κ2) is 5.72. The van der Waals surface area contributed by atoms with Gasteiger partial charge >= 0.3 is 0 Å². The summed E-state index contributed by atoms with van der Waals surface area (Å²) in [6, 6.07) is 5.60. The van der Waals surface area contributed by atoms with Crippen LogP contribution in [0.4, 0.5) is 0 Å². The highest BCUT2D eigenvalue weighted by Gasteiger charge is 2.50. The molecule has 1 saturated heterocycles. The Hall–Kier alpha value is -2.10. The summed E-state index contributed by atoms with van der Waals surface area (Å²) in [5, 5.41) is 25.8. The van der Waals surface area contributed by atoms with Crippen molar-refractivity contribution >= 4 is 28.4 Å². The summed E-state index contributed by atoms with van der Waals surface area (Å²) in [6.07, 6.45) is 2.58. The van der Waals surface area contributed by atoms with Crippen LogP contribution in [0, 0.1) is 17.2 Å². The molecule has 2 atom stereocenters. The van der Waals surface area contributed by atoms with Crippen LogP contribution in [-0.2, 0) is 10.3 Å². The molecule has 1 N–H and O–H groups in total. The maximum absolute atomic E-state index is 11.9. The lowest BCUT2D eigenvalue weighted by Crippen LogP contribution is -2.48. The molecule has 0 radical (unpaired) electrons. The Morgan fingerprint density at radius 1 is 1.48 bits per heavy atom. The van der Waals surface area contributed by atoms with Crippen LogP contribution in [0.25, 0.3) is 10.9 Å². The van der Waals surface area contributed by atoms with Gasteiger partial charge in [0.15, 0.2) is 0 Å². The predicted octanol–water partition coefficient (Wildman–Crippen LogP) is 2.60. The highest BCUT2D eigenvalue weighted by Crippen LogP contribution is 2.51. The van der Waals surface area contributed by atoms with Crippen LogP contribution in [0.1, 0.15) is 37.9 Å². The van der Waals surface area contributed by atoms with Crippen LogP contribution in [-0.4, -0.2) is 38.8 Å². The van der Waals surface area contributed by atoms with E-state index in [-0.39, 0.29) is 18.2 Å². The fourth-order valence-electron chi connectivity index (χ4n) is 4.46. The van der Waals surface area contributed by atoms with E-state index in [1.807, 2.05) is 29.8 Å². The molecule has 7 heteroatoms. The van der Waals surface area contributed by atoms with E-state index in [0.29, 0.717) is 18.1 Å². The fourth-order valence-corrected chi connectivity index (χ4v) is 4.69. The summed E-state index contributed by atoms with van der Waals surface area (Å²) in [4.78, 5) is 13.7. The smallest absolute Gasteiger partial charge is 0.236 e. The van der Waals surface area contributed by atoms with Gasteiger partial charge in [-0.15, -0.1) is 0 Å². The summed E-state index contributed by atoms with van der Waals surface area (Å²) >= 11 is 6.19. The Balaban J connectivity index is 1.63. The lowest BCUT2D eigenvalue weighted by molar-refractivity contribution is -0.132. The Morgan fingerprint density at radius 3 is 2.88 bits per heavy atom. The van der Waals surface area contributed by atoms with Crippen LogP contribution in [0.2, 0.25) is 5.02 Å². The summed E-state index contributed by atoms with van der Waals surface area (Å²) < 4.78 is 1.94. The maximum atomic E-state index is 11.9. The monoisotopic (exact) mass is 358 g/mol. The number of benzene rings is 1. The van der Waals surface area contributed by atoms with E-state index in [0.717, 1.165) is 29.3 Å². The molecule has 1 unspecified atom stereocenters. The number of halogens is 1. The van der Waals surface area contributed by atoms with Crippen molar-refractivity contribution in [2.45, 2.75) is 37.8 Å². The number of carbonyl (C=O) groups excluding carboxylic acids is 1. The molecule has 0 aliphatic carbocycles. The Kier molecular flexibility index (Phi) is 3.75. The number of piperidine rings is 1. The fraction of sp³-hybridized carbons (Fsp3) is 0.500. The van der Waals surface area contributed by atoms with Crippen LogP contribution < -0.4 is 0 Å². The molecule has 130 valence electrons. The first-order chi connectivity index (χ1) is 12.0. The SMILES string of the molecule is CC1(C2CCN(C(=O)CC#N)CC2)[C@H](O)c2cc(Cl)cc3cnn1c23. The number of amides is 1. The highest BCUT2D eigenvalue weighted by molar-refractivity contribution is 6.31. The van der Waals surface area contributed by atoms with Crippen molar-refractivity contribution in [3.05, 3.63) is 28.9 Å². The number of aliphatic hydroxyl groups excluding tert-OH is 1. The molecule has 4 rings (SSSR count). The van der Waals surface area contributed by atoms with Gasteiger partial charge < -0.3 is 10.0 Å². The first-order valence-electron chi connectivity index (χ1n) is 8.47. The predicted molar refractivity (Wildman–Crippen MR) is 92.9 cm³/mol. The number of aromatic nitrogens is 2. The lowest BCUT2D eigenvalue weighted by Gasteiger charge is -2.42. The molecule has 2 aliphatic rings. The molecule has 25 heavy (non-hydrogen) atoms.